The normalized spacial score (nSPS) is 11.2. The molecule has 0 saturated heterocycles. The van der Waals surface area contributed by atoms with Crippen molar-refractivity contribution in [1.82, 2.24) is 0 Å². The third-order valence-corrected chi connectivity index (χ3v) is 12.1. The van der Waals surface area contributed by atoms with Gasteiger partial charge in [-0.3, -0.25) is 9.59 Å². The van der Waals surface area contributed by atoms with Gasteiger partial charge in [0.1, 0.15) is 17.1 Å². The Hall–Kier alpha value is -7.91. The van der Waals surface area contributed by atoms with Crippen LogP contribution in [0.4, 0.5) is 20.6 Å². The molecule has 7 N–H and O–H groups in total. The van der Waals surface area contributed by atoms with Gasteiger partial charge in [-0.05, 0) is 102 Å². The molecule has 0 aliphatic carbocycles. The van der Waals surface area contributed by atoms with Gasteiger partial charge in [0, 0.05) is 18.3 Å². The van der Waals surface area contributed by atoms with Crippen molar-refractivity contribution in [2.75, 3.05) is 10.6 Å². The van der Waals surface area contributed by atoms with Gasteiger partial charge < -0.3 is 40.9 Å². The fourth-order valence-electron chi connectivity index (χ4n) is 7.86. The number of carboxylic acid groups (broad SMARTS) is 4. The molecule has 15 heteroatoms. The zero-order valence-electron chi connectivity index (χ0n) is 43.7. The first-order valence-corrected chi connectivity index (χ1v) is 25.9. The molecule has 6 aromatic carbocycles. The summed E-state index contributed by atoms with van der Waals surface area (Å²) < 4.78 is 17.6. The Balaban J connectivity index is 0.000000271. The molecule has 76 heavy (non-hydrogen) atoms. The van der Waals surface area contributed by atoms with Gasteiger partial charge in [0.05, 0.1) is 23.1 Å². The van der Waals surface area contributed by atoms with E-state index in [4.69, 9.17) is 15.3 Å². The Morgan fingerprint density at radius 2 is 1.04 bits per heavy atom. The summed E-state index contributed by atoms with van der Waals surface area (Å²) in [6.07, 6.45) is 19.8. The number of aliphatic carboxylic acids is 1. The Morgan fingerprint density at radius 3 is 1.58 bits per heavy atom. The van der Waals surface area contributed by atoms with E-state index < -0.39 is 53.7 Å². The third-order valence-electron chi connectivity index (χ3n) is 12.1. The first-order chi connectivity index (χ1) is 36.5. The SMILES string of the molecule is CC(=O)Oc1ccccc1C(=O)O.CCCCCCCCCCCCCCCCCC(O)C(C)C(=O)O.O=C(Nc1ccc(C(=O)O)cc1)Nc1cccc(F)c1.O=C(O)c1ccccc1-c1ccc2ccccc2c1. The smallest absolute Gasteiger partial charge is 0.339 e. The first kappa shape index (κ1) is 62.4. The number of carbonyl (C=O) groups is 6. The minimum Gasteiger partial charge on any atom is -0.481 e. The highest BCUT2D eigenvalue weighted by Crippen LogP contribution is 2.27. The monoisotopic (exact) mass is 1040 g/mol. The zero-order valence-corrected chi connectivity index (χ0v) is 43.7. The number of fused-ring (bicyclic) bond motifs is 1. The van der Waals surface area contributed by atoms with E-state index in [1.54, 1.807) is 37.3 Å². The molecule has 6 rings (SSSR count). The number of rotatable bonds is 25. The molecule has 0 spiro atoms. The number of carbonyl (C=O) groups excluding carboxylic acids is 2. The third kappa shape index (κ3) is 24.4. The van der Waals surface area contributed by atoms with E-state index in [0.29, 0.717) is 23.4 Å². The highest BCUT2D eigenvalue weighted by molar-refractivity contribution is 6.00. The molecule has 0 bridgehead atoms. The molecule has 0 aliphatic heterocycles. The number of aliphatic hydroxyl groups is 1. The largest absolute Gasteiger partial charge is 0.481 e. The number of aliphatic hydroxyl groups excluding tert-OH is 1. The van der Waals surface area contributed by atoms with Crippen LogP contribution in [0.1, 0.15) is 155 Å². The molecular formula is C61H73FN2O12. The van der Waals surface area contributed by atoms with E-state index >= 15 is 0 Å². The van der Waals surface area contributed by atoms with Crippen molar-refractivity contribution in [3.8, 4) is 16.9 Å². The molecule has 2 atom stereocenters. The van der Waals surface area contributed by atoms with Crippen molar-refractivity contribution >= 4 is 58.0 Å². The summed E-state index contributed by atoms with van der Waals surface area (Å²) in [7, 11) is 0. The van der Waals surface area contributed by atoms with Crippen molar-refractivity contribution in [2.24, 2.45) is 5.92 Å². The molecule has 6 aromatic rings. The van der Waals surface area contributed by atoms with E-state index in [1.165, 1.54) is 145 Å². The second-order valence-corrected chi connectivity index (χ2v) is 18.2. The predicted molar refractivity (Wildman–Crippen MR) is 296 cm³/mol. The summed E-state index contributed by atoms with van der Waals surface area (Å²) in [5, 5.41) is 52.4. The lowest BCUT2D eigenvalue weighted by molar-refractivity contribution is -0.145. The number of urea groups is 1. The second-order valence-electron chi connectivity index (χ2n) is 18.2. The number of anilines is 2. The van der Waals surface area contributed by atoms with Crippen molar-refractivity contribution in [1.29, 1.82) is 0 Å². The highest BCUT2D eigenvalue weighted by Gasteiger charge is 2.20. The average molecular weight is 1050 g/mol. The van der Waals surface area contributed by atoms with Gasteiger partial charge in [0.2, 0.25) is 0 Å². The van der Waals surface area contributed by atoms with Gasteiger partial charge in [-0.25, -0.2) is 23.6 Å². The van der Waals surface area contributed by atoms with E-state index in [1.807, 2.05) is 54.6 Å². The maximum Gasteiger partial charge on any atom is 0.339 e. The molecular weight excluding hydrogens is 972 g/mol. The van der Waals surface area contributed by atoms with E-state index in [9.17, 15) is 43.4 Å². The number of halogens is 1. The van der Waals surface area contributed by atoms with Crippen LogP contribution in [0.15, 0.2) is 140 Å². The predicted octanol–water partition coefficient (Wildman–Crippen LogP) is 15.0. The number of benzene rings is 6. The Labute approximate surface area is 445 Å². The van der Waals surface area contributed by atoms with Crippen molar-refractivity contribution < 1.29 is 63.4 Å². The maximum atomic E-state index is 12.9. The fourth-order valence-corrected chi connectivity index (χ4v) is 7.86. The van der Waals surface area contributed by atoms with Crippen molar-refractivity contribution in [3.63, 3.8) is 0 Å². The van der Waals surface area contributed by atoms with Gasteiger partial charge in [-0.2, -0.15) is 0 Å². The van der Waals surface area contributed by atoms with Gasteiger partial charge in [0.15, 0.2) is 0 Å². The summed E-state index contributed by atoms with van der Waals surface area (Å²) in [6, 6.07) is 37.7. The highest BCUT2D eigenvalue weighted by atomic mass is 19.1. The molecule has 0 fully saturated rings. The van der Waals surface area contributed by atoms with Gasteiger partial charge in [-0.15, -0.1) is 0 Å². The lowest BCUT2D eigenvalue weighted by Gasteiger charge is -2.14. The number of nitrogens with one attached hydrogen (secondary N) is 2. The lowest BCUT2D eigenvalue weighted by Crippen LogP contribution is -2.25. The average Bonchev–Trinajstić information content (AvgIpc) is 3.40. The summed E-state index contributed by atoms with van der Waals surface area (Å²) >= 11 is 0. The minimum atomic E-state index is -1.11. The number of hydrogen-bond acceptors (Lipinski definition) is 8. The number of unbranched alkanes of at least 4 members (excludes halogenated alkanes) is 14. The number of aromatic carboxylic acids is 3. The molecule has 2 amide bonds. The Kier molecular flexibility index (Phi) is 29.0. The van der Waals surface area contributed by atoms with Crippen molar-refractivity contribution in [3.05, 3.63) is 162 Å². The maximum absolute atomic E-state index is 12.9. The minimum absolute atomic E-state index is 0.0160. The van der Waals surface area contributed by atoms with E-state index in [0.717, 1.165) is 34.7 Å². The second kappa shape index (κ2) is 35.3. The standard InChI is InChI=1S/C21H42O3.C17H12O2.C14H11FN2O3.C9H8O4/c1-3-4-5-6-7-8-9-10-11-12-13-14-15-16-17-18-20(22)19(2)21(23)24;18-17(19)16-8-4-3-7-15(16)14-10-9-12-5-1-2-6-13(12)11-14;15-10-2-1-3-12(8-10)17-14(20)16-11-6-4-9(5-7-11)13(18)19;1-6(10)13-8-5-3-2-4-7(8)9(11)12/h19-20,22H,3-18H2,1-2H3,(H,23,24);1-11H,(H,18,19);1-8H,(H,18,19)(H2,16,17,20);2-5H,1H3,(H,11,12). The van der Waals surface area contributed by atoms with Crippen LogP contribution in [0.5, 0.6) is 5.75 Å². The van der Waals surface area contributed by atoms with E-state index in [2.05, 4.69) is 22.3 Å². The lowest BCUT2D eigenvalue weighted by atomic mass is 9.97. The number of hydrogen-bond donors (Lipinski definition) is 7. The van der Waals surface area contributed by atoms with Gasteiger partial charge in [0.25, 0.3) is 0 Å². The van der Waals surface area contributed by atoms with Crippen molar-refractivity contribution in [2.45, 2.75) is 130 Å². The van der Waals surface area contributed by atoms with Gasteiger partial charge in [-0.1, -0.05) is 176 Å². The molecule has 0 saturated carbocycles. The molecule has 14 nitrogen and oxygen atoms in total. The summed E-state index contributed by atoms with van der Waals surface area (Å²) in [4.78, 5) is 65.5. The quantitative estimate of drug-likeness (QED) is 0.0161. The Morgan fingerprint density at radius 1 is 0.526 bits per heavy atom. The topological polar surface area (TPSA) is 237 Å². The molecule has 0 radical (unpaired) electrons. The van der Waals surface area contributed by atoms with Crippen LogP contribution in [0.25, 0.3) is 21.9 Å². The first-order valence-electron chi connectivity index (χ1n) is 25.9. The van der Waals surface area contributed by atoms with Crippen LogP contribution < -0.4 is 15.4 Å². The van der Waals surface area contributed by atoms with Gasteiger partial charge >= 0.3 is 35.9 Å². The molecule has 0 aromatic heterocycles. The summed E-state index contributed by atoms with van der Waals surface area (Å²) in [5.41, 5.74) is 2.88. The Bertz CT molecular complexity index is 2750. The fraction of sp³-hybridized carbons (Fsp3) is 0.344. The van der Waals surface area contributed by atoms with Crippen LogP contribution in [0.3, 0.4) is 0 Å². The van der Waals surface area contributed by atoms with Crippen LogP contribution in [-0.2, 0) is 9.59 Å². The molecule has 0 aliphatic rings. The number of esters is 1. The van der Waals surface area contributed by atoms with Crippen LogP contribution >= 0.6 is 0 Å². The number of para-hydroxylation sites is 1. The molecule has 0 heterocycles. The van der Waals surface area contributed by atoms with Crippen LogP contribution in [-0.4, -0.2) is 67.5 Å². The number of ether oxygens (including phenoxy) is 1. The summed E-state index contributed by atoms with van der Waals surface area (Å²) in [6.45, 7) is 5.07. The number of carboxylic acids is 4. The van der Waals surface area contributed by atoms with E-state index in [-0.39, 0.29) is 16.9 Å². The molecule has 406 valence electrons. The van der Waals surface area contributed by atoms with Crippen LogP contribution in [0, 0.1) is 11.7 Å². The zero-order chi connectivity index (χ0) is 55.7. The summed E-state index contributed by atoms with van der Waals surface area (Å²) in [5.74, 6) is -5.51. The number of amides is 2. The van der Waals surface area contributed by atoms with Crippen LogP contribution in [0.2, 0.25) is 0 Å². The molecule has 2 unspecified atom stereocenters.